The van der Waals surface area contributed by atoms with Crippen LogP contribution in [0.5, 0.6) is 0 Å². The summed E-state index contributed by atoms with van der Waals surface area (Å²) < 4.78 is 25.9. The lowest BCUT2D eigenvalue weighted by atomic mass is 9.97. The van der Waals surface area contributed by atoms with E-state index in [4.69, 9.17) is 11.6 Å². The second-order valence-corrected chi connectivity index (χ2v) is 9.14. The quantitative estimate of drug-likeness (QED) is 0.680. The molecule has 0 aliphatic carbocycles. The molecule has 1 heterocycles. The minimum atomic E-state index is -3.23. The largest absolute Gasteiger partial charge is 0.347 e. The number of unbranched alkanes of at least 4 members (excludes halogenated alkanes) is 1. The van der Waals surface area contributed by atoms with Gasteiger partial charge in [-0.05, 0) is 43.5 Å². The summed E-state index contributed by atoms with van der Waals surface area (Å²) in [6.07, 6.45) is 2.41. The fourth-order valence-electron chi connectivity index (χ4n) is 2.90. The van der Waals surface area contributed by atoms with E-state index in [2.05, 4.69) is 10.6 Å². The van der Waals surface area contributed by atoms with E-state index in [1.165, 1.54) is 4.31 Å². The Morgan fingerprint density at radius 3 is 2.41 bits per heavy atom. The van der Waals surface area contributed by atoms with E-state index in [-0.39, 0.29) is 30.0 Å². The number of carbonyl (C=O) groups excluding carboxylic acids is 2. The standard InChI is InChI=1S/C18H26ClN3O4S/c1-2-3-12-27(25,26)22-10-8-14(9-11-22)18(24)20-13-17(23)21-16-6-4-15(19)5-7-16/h4-7,14H,2-3,8-13H2,1H3,(H,20,24)(H,21,23). The van der Waals surface area contributed by atoms with Crippen molar-refractivity contribution < 1.29 is 18.0 Å². The fraction of sp³-hybridized carbons (Fsp3) is 0.556. The van der Waals surface area contributed by atoms with Gasteiger partial charge in [0.05, 0.1) is 12.3 Å². The molecule has 0 spiro atoms. The Morgan fingerprint density at radius 2 is 1.81 bits per heavy atom. The molecule has 0 radical (unpaired) electrons. The summed E-state index contributed by atoms with van der Waals surface area (Å²) in [5, 5.41) is 5.87. The van der Waals surface area contributed by atoms with E-state index in [0.717, 1.165) is 6.42 Å². The Hall–Kier alpha value is -1.64. The Kier molecular flexibility index (Phi) is 8.07. The van der Waals surface area contributed by atoms with Crippen LogP contribution in [0.15, 0.2) is 24.3 Å². The Morgan fingerprint density at radius 1 is 1.19 bits per heavy atom. The molecule has 1 aromatic carbocycles. The van der Waals surface area contributed by atoms with Crippen LogP contribution in [0, 0.1) is 5.92 Å². The molecule has 1 aliphatic heterocycles. The fourth-order valence-corrected chi connectivity index (χ4v) is 4.71. The van der Waals surface area contributed by atoms with Crippen molar-refractivity contribution in [3.63, 3.8) is 0 Å². The molecule has 0 bridgehead atoms. The van der Waals surface area contributed by atoms with Gasteiger partial charge >= 0.3 is 0 Å². The van der Waals surface area contributed by atoms with Crippen molar-refractivity contribution in [2.24, 2.45) is 5.92 Å². The van der Waals surface area contributed by atoms with Crippen molar-refractivity contribution in [1.29, 1.82) is 0 Å². The lowest BCUT2D eigenvalue weighted by Crippen LogP contribution is -2.44. The molecule has 0 unspecified atom stereocenters. The summed E-state index contributed by atoms with van der Waals surface area (Å²) in [5.41, 5.74) is 0.601. The first kappa shape index (κ1) is 21.7. The molecule has 9 heteroatoms. The van der Waals surface area contributed by atoms with E-state index in [1.807, 2.05) is 6.92 Å². The number of benzene rings is 1. The third-order valence-electron chi connectivity index (χ3n) is 4.53. The molecule has 2 N–H and O–H groups in total. The highest BCUT2D eigenvalue weighted by Crippen LogP contribution is 2.20. The predicted molar refractivity (Wildman–Crippen MR) is 106 cm³/mol. The first-order valence-corrected chi connectivity index (χ1v) is 11.1. The van der Waals surface area contributed by atoms with Crippen LogP contribution < -0.4 is 10.6 Å². The molecule has 2 rings (SSSR count). The van der Waals surface area contributed by atoms with Gasteiger partial charge in [0.15, 0.2) is 0 Å². The van der Waals surface area contributed by atoms with Crippen LogP contribution in [0.1, 0.15) is 32.6 Å². The van der Waals surface area contributed by atoms with E-state index in [0.29, 0.717) is 43.1 Å². The van der Waals surface area contributed by atoms with Crippen molar-refractivity contribution in [2.75, 3.05) is 30.7 Å². The maximum Gasteiger partial charge on any atom is 0.243 e. The predicted octanol–water partition coefficient (Wildman–Crippen LogP) is 2.24. The summed E-state index contributed by atoms with van der Waals surface area (Å²) in [7, 11) is -3.23. The van der Waals surface area contributed by atoms with Gasteiger partial charge in [-0.2, -0.15) is 0 Å². The molecule has 150 valence electrons. The third-order valence-corrected chi connectivity index (χ3v) is 6.73. The number of anilines is 1. The average molecular weight is 416 g/mol. The highest BCUT2D eigenvalue weighted by Gasteiger charge is 2.30. The summed E-state index contributed by atoms with van der Waals surface area (Å²) in [5.74, 6) is -0.659. The normalized spacial score (nSPS) is 16.1. The molecule has 1 fully saturated rings. The van der Waals surface area contributed by atoms with Crippen molar-refractivity contribution in [3.8, 4) is 0 Å². The van der Waals surface area contributed by atoms with Gasteiger partial charge in [0.2, 0.25) is 21.8 Å². The molecular formula is C18H26ClN3O4S. The summed E-state index contributed by atoms with van der Waals surface area (Å²) in [6.45, 7) is 2.52. The lowest BCUT2D eigenvalue weighted by molar-refractivity contribution is -0.128. The lowest BCUT2D eigenvalue weighted by Gasteiger charge is -2.30. The molecule has 0 saturated carbocycles. The Balaban J connectivity index is 1.74. The molecule has 1 aromatic rings. The topological polar surface area (TPSA) is 95.6 Å². The van der Waals surface area contributed by atoms with Gasteiger partial charge in [-0.1, -0.05) is 24.9 Å². The van der Waals surface area contributed by atoms with Gasteiger partial charge in [0.25, 0.3) is 0 Å². The van der Waals surface area contributed by atoms with Gasteiger partial charge in [-0.25, -0.2) is 12.7 Å². The summed E-state index contributed by atoms with van der Waals surface area (Å²) >= 11 is 5.79. The van der Waals surface area contributed by atoms with Crippen molar-refractivity contribution in [2.45, 2.75) is 32.6 Å². The summed E-state index contributed by atoms with van der Waals surface area (Å²) in [6, 6.07) is 6.68. The first-order chi connectivity index (χ1) is 12.8. The highest BCUT2D eigenvalue weighted by molar-refractivity contribution is 7.89. The van der Waals surface area contributed by atoms with Crippen LogP contribution in [0.3, 0.4) is 0 Å². The van der Waals surface area contributed by atoms with E-state index in [9.17, 15) is 18.0 Å². The van der Waals surface area contributed by atoms with Crippen LogP contribution >= 0.6 is 11.6 Å². The zero-order valence-corrected chi connectivity index (χ0v) is 17.0. The molecule has 7 nitrogen and oxygen atoms in total. The zero-order chi connectivity index (χ0) is 19.9. The smallest absolute Gasteiger partial charge is 0.243 e. The zero-order valence-electron chi connectivity index (χ0n) is 15.4. The van der Waals surface area contributed by atoms with Crippen LogP contribution in [-0.4, -0.2) is 49.9 Å². The van der Waals surface area contributed by atoms with Gasteiger partial charge in [-0.15, -0.1) is 0 Å². The van der Waals surface area contributed by atoms with Crippen LogP contribution in [-0.2, 0) is 19.6 Å². The van der Waals surface area contributed by atoms with Crippen molar-refractivity contribution in [1.82, 2.24) is 9.62 Å². The molecule has 0 atom stereocenters. The molecule has 0 aromatic heterocycles. The van der Waals surface area contributed by atoms with Gasteiger partial charge < -0.3 is 10.6 Å². The van der Waals surface area contributed by atoms with Gasteiger partial charge in [0, 0.05) is 29.7 Å². The second-order valence-electron chi connectivity index (χ2n) is 6.62. The number of carbonyl (C=O) groups is 2. The Labute approximate surface area is 165 Å². The van der Waals surface area contributed by atoms with E-state index >= 15 is 0 Å². The Bertz CT molecular complexity index is 744. The summed E-state index contributed by atoms with van der Waals surface area (Å²) in [4.78, 5) is 24.2. The second kappa shape index (κ2) is 10.1. The van der Waals surface area contributed by atoms with E-state index < -0.39 is 10.0 Å². The van der Waals surface area contributed by atoms with E-state index in [1.54, 1.807) is 24.3 Å². The SMILES string of the molecule is CCCCS(=O)(=O)N1CCC(C(=O)NCC(=O)Nc2ccc(Cl)cc2)CC1. The molecule has 1 saturated heterocycles. The van der Waals surface area contributed by atoms with Crippen LogP contribution in [0.2, 0.25) is 5.02 Å². The third kappa shape index (κ3) is 6.79. The average Bonchev–Trinajstić information content (AvgIpc) is 2.66. The maximum atomic E-state index is 12.3. The number of rotatable bonds is 8. The number of hydrogen-bond acceptors (Lipinski definition) is 4. The van der Waals surface area contributed by atoms with Gasteiger partial charge in [-0.3, -0.25) is 9.59 Å². The number of piperidine rings is 1. The molecular weight excluding hydrogens is 390 g/mol. The first-order valence-electron chi connectivity index (χ1n) is 9.13. The monoisotopic (exact) mass is 415 g/mol. The van der Waals surface area contributed by atoms with Crippen molar-refractivity contribution in [3.05, 3.63) is 29.3 Å². The number of amides is 2. The van der Waals surface area contributed by atoms with Crippen LogP contribution in [0.25, 0.3) is 0 Å². The number of nitrogens with one attached hydrogen (secondary N) is 2. The molecule has 1 aliphatic rings. The number of hydrogen-bond donors (Lipinski definition) is 2. The number of halogens is 1. The van der Waals surface area contributed by atoms with Crippen molar-refractivity contribution >= 4 is 39.1 Å². The van der Waals surface area contributed by atoms with Crippen LogP contribution in [0.4, 0.5) is 5.69 Å². The van der Waals surface area contributed by atoms with Gasteiger partial charge in [0.1, 0.15) is 0 Å². The highest BCUT2D eigenvalue weighted by atomic mass is 35.5. The number of nitrogens with zero attached hydrogens (tertiary/aromatic N) is 1. The number of sulfonamides is 1. The maximum absolute atomic E-state index is 12.3. The minimum absolute atomic E-state index is 0.128. The molecule has 27 heavy (non-hydrogen) atoms. The molecule has 2 amide bonds. The minimum Gasteiger partial charge on any atom is -0.347 e.